The van der Waals surface area contributed by atoms with Gasteiger partial charge in [0.1, 0.15) is 17.6 Å². The molecule has 0 spiro atoms. The first-order chi connectivity index (χ1) is 20.2. The van der Waals surface area contributed by atoms with Crippen LogP contribution in [-0.2, 0) is 7.05 Å². The van der Waals surface area contributed by atoms with Gasteiger partial charge in [-0.15, -0.1) is 0 Å². The van der Waals surface area contributed by atoms with E-state index in [1.165, 1.54) is 33.5 Å². The summed E-state index contributed by atoms with van der Waals surface area (Å²) < 4.78 is 18.8. The highest BCUT2D eigenvalue weighted by Crippen LogP contribution is 2.27. The fourth-order valence-corrected chi connectivity index (χ4v) is 5.11. The lowest BCUT2D eigenvalue weighted by Gasteiger charge is -2.25. The summed E-state index contributed by atoms with van der Waals surface area (Å²) in [6, 6.07) is 18.3. The van der Waals surface area contributed by atoms with Gasteiger partial charge in [-0.25, -0.2) is 4.98 Å². The number of ether oxygens (including phenoxy) is 3. The van der Waals surface area contributed by atoms with Crippen molar-refractivity contribution in [2.24, 2.45) is 7.05 Å². The van der Waals surface area contributed by atoms with Crippen LogP contribution in [0.2, 0.25) is 0 Å². The topological polar surface area (TPSA) is 77.8 Å². The van der Waals surface area contributed by atoms with Gasteiger partial charge in [0, 0.05) is 71.8 Å². The molecule has 0 bridgehead atoms. The molecule has 1 fully saturated rings. The third-order valence-corrected chi connectivity index (χ3v) is 7.72. The average molecular weight is 556 g/mol. The quantitative estimate of drug-likeness (QED) is 0.256. The van der Waals surface area contributed by atoms with Gasteiger partial charge in [-0.3, -0.25) is 0 Å². The zero-order valence-electron chi connectivity index (χ0n) is 24.1. The Morgan fingerprint density at radius 3 is 2.56 bits per heavy atom. The molecule has 1 aliphatic heterocycles. The van der Waals surface area contributed by atoms with Crippen LogP contribution in [-0.4, -0.2) is 47.6 Å². The van der Waals surface area contributed by atoms with E-state index in [1.54, 1.807) is 7.11 Å². The number of aliphatic hydroxyl groups excluding tert-OH is 1. The summed E-state index contributed by atoms with van der Waals surface area (Å²) in [5.41, 5.74) is 3.54. The van der Waals surface area contributed by atoms with Crippen LogP contribution >= 0.6 is 0 Å². The number of rotatable bonds is 11. The summed E-state index contributed by atoms with van der Waals surface area (Å²) in [4.78, 5) is 4.49. The highest BCUT2D eigenvalue weighted by atomic mass is 16.5. The maximum Gasteiger partial charge on any atom is 0.213 e. The van der Waals surface area contributed by atoms with Crippen molar-refractivity contribution in [3.05, 3.63) is 71.4 Å². The highest BCUT2D eigenvalue weighted by Gasteiger charge is 2.19. The largest absolute Gasteiger partial charge is 0.497 e. The Balaban J connectivity index is 0.000000184. The van der Waals surface area contributed by atoms with Crippen molar-refractivity contribution in [2.75, 3.05) is 26.9 Å². The molecule has 2 aromatic carbocycles. The van der Waals surface area contributed by atoms with Crippen molar-refractivity contribution in [2.45, 2.75) is 51.0 Å². The minimum Gasteiger partial charge on any atom is -0.497 e. The van der Waals surface area contributed by atoms with Crippen LogP contribution < -0.4 is 30.1 Å². The van der Waals surface area contributed by atoms with Gasteiger partial charge in [0.05, 0.1) is 13.7 Å². The normalized spacial score (nSPS) is 13.9. The Kier molecular flexibility index (Phi) is 9.81. The molecule has 7 nitrogen and oxygen atoms in total. The molecule has 2 N–H and O–H groups in total. The van der Waals surface area contributed by atoms with Gasteiger partial charge in [0.2, 0.25) is 5.88 Å². The molecule has 2 aromatic heterocycles. The van der Waals surface area contributed by atoms with E-state index in [0.717, 1.165) is 74.6 Å². The van der Waals surface area contributed by atoms with Crippen molar-refractivity contribution < 1.29 is 19.3 Å². The molecule has 6 rings (SSSR count). The molecule has 0 atom stereocenters. The van der Waals surface area contributed by atoms with Crippen LogP contribution in [0.15, 0.2) is 60.8 Å². The molecule has 0 radical (unpaired) electrons. The maximum absolute atomic E-state index is 8.61. The van der Waals surface area contributed by atoms with Crippen LogP contribution in [0.5, 0.6) is 17.4 Å². The van der Waals surface area contributed by atoms with Gasteiger partial charge in [0.15, 0.2) is 0 Å². The van der Waals surface area contributed by atoms with E-state index in [4.69, 9.17) is 19.3 Å². The zero-order chi connectivity index (χ0) is 28.4. The summed E-state index contributed by atoms with van der Waals surface area (Å²) in [5.74, 6) is 2.40. The van der Waals surface area contributed by atoms with E-state index in [-0.39, 0.29) is 6.61 Å². The lowest BCUT2D eigenvalue weighted by Crippen LogP contribution is -2.34. The molecule has 7 heteroatoms. The number of hydrogen-bond acceptors (Lipinski definition) is 6. The Morgan fingerprint density at radius 1 is 0.976 bits per heavy atom. The number of benzene rings is 2. The second-order valence-electron chi connectivity index (χ2n) is 10.6. The minimum absolute atomic E-state index is 0.288. The Morgan fingerprint density at radius 2 is 1.80 bits per heavy atom. The van der Waals surface area contributed by atoms with E-state index in [1.807, 2.05) is 36.5 Å². The molecule has 4 aromatic rings. The molecule has 1 saturated carbocycles. The van der Waals surface area contributed by atoms with Crippen molar-refractivity contribution in [1.82, 2.24) is 14.9 Å². The number of methoxy groups -OCH3 is 1. The van der Waals surface area contributed by atoms with Crippen molar-refractivity contribution in [1.29, 1.82) is 0 Å². The van der Waals surface area contributed by atoms with Crippen LogP contribution in [0.4, 0.5) is 0 Å². The standard InChI is InChI=1S/C21H21N3O.C13H20O3/c1-24-19-9-10-22-13-18(19)17-7-5-14(11-20(17)24)15-6-8-21(23-12-15)25-16-3-2-4-16;1-15-12-7-6-8-13(11-12)16-10-5-3-2-4-9-14/h5-9,11-13,16,22H,2-4,10H2,1H3;6-8,11,14H,2-5,9-10H2,1H3. The lowest BCUT2D eigenvalue weighted by atomic mass is 9.96. The molecule has 1 aliphatic carbocycles. The maximum atomic E-state index is 8.61. The fourth-order valence-electron chi connectivity index (χ4n) is 5.11. The number of aliphatic hydroxyl groups is 1. The number of aryl methyl sites for hydroxylation is 1. The molecule has 41 heavy (non-hydrogen) atoms. The summed E-state index contributed by atoms with van der Waals surface area (Å²) in [5, 5.41) is 15.8. The van der Waals surface area contributed by atoms with E-state index >= 15 is 0 Å². The molecular weight excluding hydrogens is 514 g/mol. The van der Waals surface area contributed by atoms with Crippen molar-refractivity contribution >= 4 is 23.2 Å². The number of nitrogens with zero attached hydrogens (tertiary/aromatic N) is 2. The first-order valence-electron chi connectivity index (χ1n) is 14.7. The first-order valence-corrected chi connectivity index (χ1v) is 14.7. The van der Waals surface area contributed by atoms with Gasteiger partial charge < -0.3 is 29.2 Å². The van der Waals surface area contributed by atoms with Gasteiger partial charge >= 0.3 is 0 Å². The number of unbranched alkanes of at least 4 members (excludes halogenated alkanes) is 3. The summed E-state index contributed by atoms with van der Waals surface area (Å²) in [7, 11) is 3.78. The first kappa shape index (κ1) is 28.6. The summed E-state index contributed by atoms with van der Waals surface area (Å²) in [6.07, 6.45) is 14.3. The van der Waals surface area contributed by atoms with Crippen LogP contribution in [0.1, 0.15) is 44.9 Å². The smallest absolute Gasteiger partial charge is 0.213 e. The number of fused-ring (bicyclic) bond motifs is 3. The van der Waals surface area contributed by atoms with Crippen LogP contribution in [0.3, 0.4) is 0 Å². The number of nitrogens with one attached hydrogen (secondary N) is 1. The van der Waals surface area contributed by atoms with Gasteiger partial charge in [-0.2, -0.15) is 0 Å². The predicted octanol–water partition coefficient (Wildman–Crippen LogP) is 4.92. The Labute approximate surface area is 242 Å². The second-order valence-corrected chi connectivity index (χ2v) is 10.6. The molecule has 0 saturated heterocycles. The third kappa shape index (κ3) is 7.22. The lowest BCUT2D eigenvalue weighted by molar-refractivity contribution is 0.114. The molecule has 0 unspecified atom stereocenters. The van der Waals surface area contributed by atoms with Gasteiger partial charge in [-0.05, 0) is 74.4 Å². The number of pyridine rings is 1. The van der Waals surface area contributed by atoms with Gasteiger partial charge in [-0.1, -0.05) is 24.6 Å². The Hall–Kier alpha value is -3.97. The van der Waals surface area contributed by atoms with Gasteiger partial charge in [0.25, 0.3) is 0 Å². The summed E-state index contributed by atoms with van der Waals surface area (Å²) >= 11 is 0. The van der Waals surface area contributed by atoms with E-state index in [9.17, 15) is 0 Å². The molecule has 216 valence electrons. The van der Waals surface area contributed by atoms with Crippen LogP contribution in [0.25, 0.3) is 34.3 Å². The van der Waals surface area contributed by atoms with E-state index < -0.39 is 0 Å². The average Bonchev–Trinajstić information content (AvgIpc) is 3.29. The predicted molar refractivity (Wildman–Crippen MR) is 165 cm³/mol. The van der Waals surface area contributed by atoms with E-state index in [2.05, 4.69) is 58.5 Å². The highest BCUT2D eigenvalue weighted by molar-refractivity contribution is 5.87. The SMILES string of the molecule is COc1cccc(OCCCCCCO)c1.Cn1c2c(c3ccc(-c4ccc(OC5CCC5)nc4)cc31)=CNCC=2. The number of hydrogen-bond donors (Lipinski definition) is 2. The Bertz CT molecular complexity index is 1540. The fraction of sp³-hybridized carbons (Fsp3) is 0.382. The van der Waals surface area contributed by atoms with Crippen molar-refractivity contribution in [3.63, 3.8) is 0 Å². The zero-order valence-corrected chi connectivity index (χ0v) is 24.1. The second kappa shape index (κ2) is 14.1. The number of aromatic nitrogens is 2. The molecule has 3 heterocycles. The monoisotopic (exact) mass is 555 g/mol. The molecule has 0 amide bonds. The summed E-state index contributed by atoms with van der Waals surface area (Å²) in [6.45, 7) is 1.89. The molecular formula is C34H41N3O4. The van der Waals surface area contributed by atoms with Crippen molar-refractivity contribution in [3.8, 4) is 28.5 Å². The third-order valence-electron chi connectivity index (χ3n) is 7.72. The minimum atomic E-state index is 0.288. The van der Waals surface area contributed by atoms with E-state index in [0.29, 0.717) is 6.10 Å². The van der Waals surface area contributed by atoms with Crippen LogP contribution in [0, 0.1) is 0 Å². The molecule has 2 aliphatic rings.